The van der Waals surface area contributed by atoms with Crippen molar-refractivity contribution in [2.75, 3.05) is 13.7 Å². The van der Waals surface area contributed by atoms with E-state index in [2.05, 4.69) is 0 Å². The molecule has 0 aromatic heterocycles. The van der Waals surface area contributed by atoms with Crippen molar-refractivity contribution in [3.05, 3.63) is 0 Å². The summed E-state index contributed by atoms with van der Waals surface area (Å²) in [7, 11) is 1.02. The van der Waals surface area contributed by atoms with Gasteiger partial charge in [-0.2, -0.15) is 0 Å². The molecular weight excluding hydrogens is 191 g/mol. The van der Waals surface area contributed by atoms with Crippen LogP contribution in [-0.2, 0) is 14.1 Å². The minimum Gasteiger partial charge on any atom is -0.480 e. The first-order valence-corrected chi connectivity index (χ1v) is 4.86. The molecule has 5 heteroatoms. The van der Waals surface area contributed by atoms with Gasteiger partial charge < -0.3 is 9.84 Å². The van der Waals surface area contributed by atoms with Crippen LogP contribution in [0.25, 0.3) is 0 Å². The second-order valence-corrected chi connectivity index (χ2v) is 4.50. The highest BCUT2D eigenvalue weighted by atomic mass is 31.1. The molecule has 0 rings (SSSR count). The summed E-state index contributed by atoms with van der Waals surface area (Å²) >= 11 is 0. The Labute approximate surface area is 79.5 Å². The van der Waals surface area contributed by atoms with Gasteiger partial charge >= 0.3 is 5.97 Å². The van der Waals surface area contributed by atoms with Gasteiger partial charge in [0, 0.05) is 7.11 Å². The molecule has 1 N–H and O–H groups in total. The Balaban J connectivity index is 4.64. The summed E-state index contributed by atoms with van der Waals surface area (Å²) in [6, 6.07) is 0. The highest BCUT2D eigenvalue weighted by Crippen LogP contribution is 2.31. The van der Waals surface area contributed by atoms with Crippen molar-refractivity contribution >= 4 is 14.4 Å². The van der Waals surface area contributed by atoms with E-state index in [9.17, 15) is 9.36 Å². The average Bonchev–Trinajstić information content (AvgIpc) is 2.02. The van der Waals surface area contributed by atoms with Gasteiger partial charge in [-0.15, -0.1) is 0 Å². The molecule has 0 aliphatic rings. The van der Waals surface area contributed by atoms with Crippen molar-refractivity contribution in [2.45, 2.75) is 25.4 Å². The number of ether oxygens (including phenoxy) is 1. The Bertz CT molecular complexity index is 193. The third-order valence-corrected chi connectivity index (χ3v) is 2.55. The van der Waals surface area contributed by atoms with Crippen LogP contribution in [0.2, 0.25) is 0 Å². The van der Waals surface area contributed by atoms with Crippen molar-refractivity contribution in [1.82, 2.24) is 0 Å². The van der Waals surface area contributed by atoms with Crippen LogP contribution in [0.4, 0.5) is 0 Å². The van der Waals surface area contributed by atoms with Gasteiger partial charge in [-0.1, -0.05) is 13.8 Å². The molecule has 0 amide bonds. The molecule has 0 bridgehead atoms. The number of rotatable bonds is 6. The largest absolute Gasteiger partial charge is 0.480 e. The van der Waals surface area contributed by atoms with Gasteiger partial charge in [-0.25, -0.2) is 0 Å². The Morgan fingerprint density at radius 3 is 2.38 bits per heavy atom. The first-order valence-electron chi connectivity index (χ1n) is 4.05. The number of aliphatic carboxylic acids is 1. The number of hydrogen-bond acceptors (Lipinski definition) is 3. The zero-order valence-corrected chi connectivity index (χ0v) is 9.01. The fourth-order valence-electron chi connectivity index (χ4n) is 1.22. The fourth-order valence-corrected chi connectivity index (χ4v) is 1.92. The average molecular weight is 206 g/mol. The molecule has 76 valence electrons. The van der Waals surface area contributed by atoms with E-state index < -0.39 is 11.1 Å². The number of carboxylic acids is 1. The van der Waals surface area contributed by atoms with Crippen LogP contribution >= 0.6 is 8.46 Å². The Morgan fingerprint density at radius 2 is 2.15 bits per heavy atom. The zero-order chi connectivity index (χ0) is 10.5. The van der Waals surface area contributed by atoms with E-state index in [4.69, 9.17) is 9.84 Å². The fraction of sp³-hybridized carbons (Fsp3) is 0.875. The lowest BCUT2D eigenvalue weighted by Crippen LogP contribution is -2.38. The van der Waals surface area contributed by atoms with Crippen LogP contribution in [-0.4, -0.2) is 29.9 Å². The molecule has 1 unspecified atom stereocenters. The van der Waals surface area contributed by atoms with Crippen molar-refractivity contribution in [3.8, 4) is 0 Å². The summed E-state index contributed by atoms with van der Waals surface area (Å²) in [6.07, 6.45) is 0.348. The maximum atomic E-state index is 10.9. The van der Waals surface area contributed by atoms with Crippen molar-refractivity contribution in [3.63, 3.8) is 0 Å². The van der Waals surface area contributed by atoms with Gasteiger partial charge in [-0.05, 0) is 12.3 Å². The van der Waals surface area contributed by atoms with E-state index >= 15 is 0 Å². The Hall–Kier alpha value is -0.470. The maximum absolute atomic E-state index is 10.9. The number of carbonyl (C=O) groups is 1. The van der Waals surface area contributed by atoms with Crippen molar-refractivity contribution < 1.29 is 19.2 Å². The summed E-state index contributed by atoms with van der Waals surface area (Å²) < 4.78 is 15.6. The number of hydrogen-bond donors (Lipinski definition) is 1. The lowest BCUT2D eigenvalue weighted by Gasteiger charge is -2.22. The van der Waals surface area contributed by atoms with Gasteiger partial charge in [-0.3, -0.25) is 9.36 Å². The van der Waals surface area contributed by atoms with E-state index in [0.29, 0.717) is 6.42 Å². The molecule has 0 fully saturated rings. The van der Waals surface area contributed by atoms with Crippen LogP contribution in [0.1, 0.15) is 20.3 Å². The molecule has 13 heavy (non-hydrogen) atoms. The van der Waals surface area contributed by atoms with Crippen LogP contribution in [0, 0.1) is 5.92 Å². The normalized spacial score (nSPS) is 16.0. The van der Waals surface area contributed by atoms with Crippen LogP contribution in [0.3, 0.4) is 0 Å². The molecule has 0 aromatic rings. The minimum atomic E-state index is -1.27. The van der Waals surface area contributed by atoms with Crippen LogP contribution in [0.15, 0.2) is 0 Å². The molecule has 4 nitrogen and oxygen atoms in total. The monoisotopic (exact) mass is 206 g/mol. The standard InChI is InChI=1S/C8H15O4P/c1-6(2)4-8(13-11,5-12-3)7(9)10/h6H,4-5H2,1-3H3,(H,9,10). The van der Waals surface area contributed by atoms with Crippen LogP contribution < -0.4 is 0 Å². The molecule has 0 heterocycles. The third kappa shape index (κ3) is 3.41. The SMILES string of the molecule is COCC(CC(C)C)(P=O)C(=O)O. The molecule has 1 atom stereocenters. The smallest absolute Gasteiger partial charge is 0.323 e. The molecule has 0 saturated heterocycles. The number of methoxy groups -OCH3 is 1. The molecular formula is C8H15O4P. The van der Waals surface area contributed by atoms with Crippen LogP contribution in [0.5, 0.6) is 0 Å². The van der Waals surface area contributed by atoms with Gasteiger partial charge in [0.2, 0.25) is 0 Å². The van der Waals surface area contributed by atoms with Gasteiger partial charge in [0.1, 0.15) is 0 Å². The first-order chi connectivity index (χ1) is 5.98. The quantitative estimate of drug-likeness (QED) is 0.673. The molecule has 0 aliphatic carbocycles. The highest BCUT2D eigenvalue weighted by molar-refractivity contribution is 7.27. The zero-order valence-electron chi connectivity index (χ0n) is 8.11. The summed E-state index contributed by atoms with van der Waals surface area (Å²) in [5.41, 5.74) is 0. The summed E-state index contributed by atoms with van der Waals surface area (Å²) in [4.78, 5) is 10.9. The minimum absolute atomic E-state index is 0.0223. The van der Waals surface area contributed by atoms with E-state index in [1.165, 1.54) is 7.11 Å². The van der Waals surface area contributed by atoms with E-state index in [1.807, 2.05) is 13.8 Å². The molecule has 0 spiro atoms. The van der Waals surface area contributed by atoms with E-state index in [0.717, 1.165) is 0 Å². The predicted octanol–water partition coefficient (Wildman–Crippen LogP) is 1.79. The molecule has 0 radical (unpaired) electrons. The van der Waals surface area contributed by atoms with Gasteiger partial charge in [0.15, 0.2) is 13.6 Å². The Morgan fingerprint density at radius 1 is 1.62 bits per heavy atom. The first kappa shape index (κ1) is 12.5. The highest BCUT2D eigenvalue weighted by Gasteiger charge is 2.40. The molecule has 0 saturated carbocycles. The Kier molecular flexibility index (Phi) is 5.11. The topological polar surface area (TPSA) is 63.6 Å². The lowest BCUT2D eigenvalue weighted by atomic mass is 9.97. The van der Waals surface area contributed by atoms with Crippen molar-refractivity contribution in [1.29, 1.82) is 0 Å². The number of carboxylic acid groups (broad SMARTS) is 1. The second kappa shape index (κ2) is 5.30. The molecule has 0 aromatic carbocycles. The molecule has 0 aliphatic heterocycles. The summed E-state index contributed by atoms with van der Waals surface area (Å²) in [5.74, 6) is -0.896. The van der Waals surface area contributed by atoms with E-state index in [1.54, 1.807) is 0 Å². The van der Waals surface area contributed by atoms with Gasteiger partial charge in [0.05, 0.1) is 6.61 Å². The predicted molar refractivity (Wildman–Crippen MR) is 49.3 cm³/mol. The van der Waals surface area contributed by atoms with Crippen molar-refractivity contribution in [2.24, 2.45) is 5.92 Å². The third-order valence-electron chi connectivity index (χ3n) is 1.70. The maximum Gasteiger partial charge on any atom is 0.323 e. The summed E-state index contributed by atoms with van der Waals surface area (Å²) in [6.45, 7) is 3.75. The summed E-state index contributed by atoms with van der Waals surface area (Å²) in [5, 5.41) is 7.64. The van der Waals surface area contributed by atoms with E-state index in [-0.39, 0.29) is 21.0 Å². The lowest BCUT2D eigenvalue weighted by molar-refractivity contribution is -0.142. The second-order valence-electron chi connectivity index (χ2n) is 3.46. The van der Waals surface area contributed by atoms with Gasteiger partial charge in [0.25, 0.3) is 0 Å².